The molecule has 0 saturated carbocycles. The maximum atomic E-state index is 12.0. The molecule has 6 heteroatoms. The van der Waals surface area contributed by atoms with Gasteiger partial charge in [-0.1, -0.05) is 0 Å². The Morgan fingerprint density at radius 2 is 1.86 bits per heavy atom. The third kappa shape index (κ3) is 3.85. The molecule has 2 aromatic rings. The lowest BCUT2D eigenvalue weighted by molar-refractivity contribution is 0.0954. The molecule has 1 heterocycles. The molecule has 110 valence electrons. The zero-order chi connectivity index (χ0) is 15.2. The topological polar surface area (TPSA) is 73.1 Å². The van der Waals surface area contributed by atoms with Crippen molar-refractivity contribution in [3.8, 4) is 11.5 Å². The van der Waals surface area contributed by atoms with Crippen LogP contribution in [0.4, 0.5) is 0 Å². The second-order valence-corrected chi connectivity index (χ2v) is 4.25. The summed E-state index contributed by atoms with van der Waals surface area (Å²) in [5, 5.41) is 3.84. The van der Waals surface area contributed by atoms with Gasteiger partial charge in [-0.05, 0) is 31.2 Å². The van der Waals surface area contributed by atoms with Crippen molar-refractivity contribution >= 4 is 12.1 Å². The van der Waals surface area contributed by atoms with Gasteiger partial charge in [-0.2, -0.15) is 5.10 Å². The summed E-state index contributed by atoms with van der Waals surface area (Å²) in [6.07, 6.45) is 1.43. The smallest absolute Gasteiger partial charge is 0.271 e. The van der Waals surface area contributed by atoms with Crippen LogP contribution in [0.1, 0.15) is 21.9 Å². The van der Waals surface area contributed by atoms with E-state index in [-0.39, 0.29) is 5.91 Å². The summed E-state index contributed by atoms with van der Waals surface area (Å²) in [5.41, 5.74) is 2.81. The summed E-state index contributed by atoms with van der Waals surface area (Å²) >= 11 is 0. The van der Waals surface area contributed by atoms with Crippen LogP contribution >= 0.6 is 0 Å². The van der Waals surface area contributed by atoms with Crippen LogP contribution in [0.15, 0.2) is 39.9 Å². The highest BCUT2D eigenvalue weighted by molar-refractivity contribution is 5.95. The van der Waals surface area contributed by atoms with Crippen molar-refractivity contribution in [1.82, 2.24) is 5.43 Å². The normalized spacial score (nSPS) is 10.6. The Labute approximate surface area is 122 Å². The van der Waals surface area contributed by atoms with Crippen LogP contribution in [-0.4, -0.2) is 26.3 Å². The molecule has 0 saturated heterocycles. The number of hydrogen-bond acceptors (Lipinski definition) is 5. The van der Waals surface area contributed by atoms with Gasteiger partial charge in [0.25, 0.3) is 5.91 Å². The van der Waals surface area contributed by atoms with Gasteiger partial charge in [-0.15, -0.1) is 0 Å². The van der Waals surface area contributed by atoms with Crippen molar-refractivity contribution in [1.29, 1.82) is 0 Å². The van der Waals surface area contributed by atoms with E-state index in [4.69, 9.17) is 13.9 Å². The summed E-state index contributed by atoms with van der Waals surface area (Å²) in [7, 11) is 3.04. The van der Waals surface area contributed by atoms with E-state index in [1.807, 2.05) is 13.0 Å². The first-order chi connectivity index (χ1) is 10.1. The largest absolute Gasteiger partial charge is 0.497 e. The number of hydrazone groups is 1. The fourth-order valence-corrected chi connectivity index (χ4v) is 1.68. The predicted octanol–water partition coefficient (Wildman–Crippen LogP) is 2.37. The molecule has 0 aliphatic heterocycles. The number of benzene rings is 1. The molecule has 1 aromatic heterocycles. The molecule has 0 aliphatic rings. The molecule has 2 rings (SSSR count). The number of aryl methyl sites for hydroxylation is 1. The molecular weight excluding hydrogens is 272 g/mol. The lowest BCUT2D eigenvalue weighted by Gasteiger charge is -2.07. The average Bonchev–Trinajstić information content (AvgIpc) is 2.92. The summed E-state index contributed by atoms with van der Waals surface area (Å²) in [5.74, 6) is 2.04. The third-order valence-electron chi connectivity index (χ3n) is 2.73. The number of furan rings is 1. The van der Waals surface area contributed by atoms with Gasteiger partial charge in [0, 0.05) is 11.6 Å². The van der Waals surface area contributed by atoms with E-state index in [0.29, 0.717) is 22.8 Å². The lowest BCUT2D eigenvalue weighted by atomic mass is 10.2. The second-order valence-electron chi connectivity index (χ2n) is 4.25. The molecule has 0 radical (unpaired) electrons. The average molecular weight is 288 g/mol. The molecule has 0 fully saturated rings. The summed E-state index contributed by atoms with van der Waals surface area (Å²) < 4.78 is 15.5. The molecule has 1 aromatic carbocycles. The fraction of sp³-hybridized carbons (Fsp3) is 0.200. The zero-order valence-electron chi connectivity index (χ0n) is 12.0. The van der Waals surface area contributed by atoms with Crippen LogP contribution in [-0.2, 0) is 0 Å². The molecule has 0 unspecified atom stereocenters. The molecule has 0 atom stereocenters. The van der Waals surface area contributed by atoms with Gasteiger partial charge in [0.05, 0.1) is 20.4 Å². The number of methoxy groups -OCH3 is 2. The van der Waals surface area contributed by atoms with Gasteiger partial charge in [0.15, 0.2) is 0 Å². The Bertz CT molecular complexity index is 639. The summed E-state index contributed by atoms with van der Waals surface area (Å²) in [6.45, 7) is 1.83. The maximum Gasteiger partial charge on any atom is 0.271 e. The Morgan fingerprint density at radius 3 is 2.38 bits per heavy atom. The standard InChI is InChI=1S/C15H16N2O4/c1-10-4-5-12(21-10)9-16-17-15(18)11-6-13(19-2)8-14(7-11)20-3/h4-9H,1-3H3,(H,17,18)/b16-9-. The van der Waals surface area contributed by atoms with E-state index in [2.05, 4.69) is 10.5 Å². The van der Waals surface area contributed by atoms with Gasteiger partial charge in [0.2, 0.25) is 0 Å². The van der Waals surface area contributed by atoms with Crippen molar-refractivity contribution in [2.75, 3.05) is 14.2 Å². The van der Waals surface area contributed by atoms with Crippen molar-refractivity contribution in [2.45, 2.75) is 6.92 Å². The van der Waals surface area contributed by atoms with Gasteiger partial charge >= 0.3 is 0 Å². The van der Waals surface area contributed by atoms with Gasteiger partial charge in [-0.25, -0.2) is 5.43 Å². The molecule has 6 nitrogen and oxygen atoms in total. The van der Waals surface area contributed by atoms with E-state index in [9.17, 15) is 4.79 Å². The third-order valence-corrected chi connectivity index (χ3v) is 2.73. The molecule has 1 N–H and O–H groups in total. The Hall–Kier alpha value is -2.76. The van der Waals surface area contributed by atoms with E-state index >= 15 is 0 Å². The Morgan fingerprint density at radius 1 is 1.19 bits per heavy atom. The van der Waals surface area contributed by atoms with E-state index < -0.39 is 0 Å². The Balaban J connectivity index is 2.07. The predicted molar refractivity (Wildman–Crippen MR) is 78.1 cm³/mol. The van der Waals surface area contributed by atoms with Crippen molar-refractivity contribution in [3.63, 3.8) is 0 Å². The summed E-state index contributed by atoms with van der Waals surface area (Å²) in [6, 6.07) is 8.47. The number of carbonyl (C=O) groups is 1. The first kappa shape index (κ1) is 14.6. The van der Waals surface area contributed by atoms with Gasteiger partial charge < -0.3 is 13.9 Å². The zero-order valence-corrected chi connectivity index (χ0v) is 12.0. The highest BCUT2D eigenvalue weighted by Gasteiger charge is 2.09. The van der Waals surface area contributed by atoms with Crippen LogP contribution in [0.5, 0.6) is 11.5 Å². The Kier molecular flexibility index (Phi) is 4.61. The molecule has 0 spiro atoms. The number of nitrogens with one attached hydrogen (secondary N) is 1. The monoisotopic (exact) mass is 288 g/mol. The maximum absolute atomic E-state index is 12.0. The van der Waals surface area contributed by atoms with Crippen LogP contribution in [0.25, 0.3) is 0 Å². The fourth-order valence-electron chi connectivity index (χ4n) is 1.68. The minimum absolute atomic E-state index is 0.369. The number of rotatable bonds is 5. The van der Waals surface area contributed by atoms with E-state index in [1.54, 1.807) is 24.3 Å². The number of amides is 1. The van der Waals surface area contributed by atoms with Crippen LogP contribution in [0.3, 0.4) is 0 Å². The molecule has 0 bridgehead atoms. The van der Waals surface area contributed by atoms with Crippen molar-refractivity contribution < 1.29 is 18.7 Å². The van der Waals surface area contributed by atoms with Crippen molar-refractivity contribution in [3.05, 3.63) is 47.4 Å². The highest BCUT2D eigenvalue weighted by atomic mass is 16.5. The van der Waals surface area contributed by atoms with Crippen molar-refractivity contribution in [2.24, 2.45) is 5.10 Å². The minimum Gasteiger partial charge on any atom is -0.497 e. The van der Waals surface area contributed by atoms with E-state index in [1.165, 1.54) is 20.4 Å². The SMILES string of the molecule is COc1cc(OC)cc(C(=O)N/N=C\c2ccc(C)o2)c1. The number of ether oxygens (including phenoxy) is 2. The number of nitrogens with zero attached hydrogens (tertiary/aromatic N) is 1. The van der Waals surface area contributed by atoms with Crippen LogP contribution in [0, 0.1) is 6.92 Å². The summed E-state index contributed by atoms with van der Waals surface area (Å²) in [4.78, 5) is 12.0. The number of hydrogen-bond donors (Lipinski definition) is 1. The molecule has 21 heavy (non-hydrogen) atoms. The second kappa shape index (κ2) is 6.60. The van der Waals surface area contributed by atoms with Gasteiger partial charge in [-0.3, -0.25) is 4.79 Å². The quantitative estimate of drug-likeness (QED) is 0.677. The first-order valence-corrected chi connectivity index (χ1v) is 6.25. The minimum atomic E-state index is -0.369. The van der Waals surface area contributed by atoms with Gasteiger partial charge in [0.1, 0.15) is 23.0 Å². The molecule has 1 amide bonds. The molecule has 0 aliphatic carbocycles. The highest BCUT2D eigenvalue weighted by Crippen LogP contribution is 2.22. The van der Waals surface area contributed by atoms with Crippen LogP contribution < -0.4 is 14.9 Å². The van der Waals surface area contributed by atoms with E-state index in [0.717, 1.165) is 5.76 Å². The lowest BCUT2D eigenvalue weighted by Crippen LogP contribution is -2.17. The van der Waals surface area contributed by atoms with Crippen LogP contribution in [0.2, 0.25) is 0 Å². The first-order valence-electron chi connectivity index (χ1n) is 6.25. The molecular formula is C15H16N2O4. The number of carbonyl (C=O) groups excluding carboxylic acids is 1.